The lowest BCUT2D eigenvalue weighted by Gasteiger charge is -2.37. The van der Waals surface area contributed by atoms with Crippen LogP contribution in [0.4, 0.5) is 0 Å². The van der Waals surface area contributed by atoms with Crippen LogP contribution >= 0.6 is 0 Å². The quantitative estimate of drug-likeness (QED) is 0.138. The predicted octanol–water partition coefficient (Wildman–Crippen LogP) is 9.57. The van der Waals surface area contributed by atoms with E-state index in [-0.39, 0.29) is 30.0 Å². The van der Waals surface area contributed by atoms with Crippen molar-refractivity contribution in [1.82, 2.24) is 29.6 Å². The van der Waals surface area contributed by atoms with Gasteiger partial charge in [-0.1, -0.05) is 107 Å². The maximum Gasteiger partial charge on any atom is 0.245 e. The molecule has 1 N–H and O–H groups in total. The number of benzene rings is 3. The van der Waals surface area contributed by atoms with E-state index in [1.165, 1.54) is 11.1 Å². The van der Waals surface area contributed by atoms with Crippen LogP contribution in [0.15, 0.2) is 96.3 Å². The zero-order valence-electron chi connectivity index (χ0n) is 35.7. The first-order chi connectivity index (χ1) is 28.9. The highest BCUT2D eigenvalue weighted by Gasteiger charge is 2.40. The molecule has 4 aromatic rings. The number of imidazole rings is 1. The van der Waals surface area contributed by atoms with Crippen molar-refractivity contribution in [1.29, 1.82) is 0 Å². The number of H-pyrrole nitrogens is 1. The van der Waals surface area contributed by atoms with Crippen molar-refractivity contribution in [3.8, 4) is 22.4 Å². The van der Waals surface area contributed by atoms with Crippen LogP contribution in [-0.4, -0.2) is 98.4 Å². The minimum Gasteiger partial charge on any atom is -0.340 e. The van der Waals surface area contributed by atoms with E-state index in [2.05, 4.69) is 113 Å². The number of hydrogen-bond donors (Lipinski definition) is 1. The molecule has 0 radical (unpaired) electrons. The molecule has 2 amide bonds. The fraction of sp³-hybridized carbons (Fsp3) is 0.480. The molecule has 2 saturated heterocycles. The summed E-state index contributed by atoms with van der Waals surface area (Å²) in [7, 11) is 0. The van der Waals surface area contributed by atoms with E-state index >= 15 is 0 Å². The third kappa shape index (κ3) is 8.60. The van der Waals surface area contributed by atoms with Crippen LogP contribution in [-0.2, 0) is 9.59 Å². The van der Waals surface area contributed by atoms with Crippen LogP contribution in [0.5, 0.6) is 0 Å². The highest BCUT2D eigenvalue weighted by Crippen LogP contribution is 2.38. The molecule has 1 aromatic heterocycles. The number of likely N-dealkylation sites (tertiary alicyclic amines) is 2. The van der Waals surface area contributed by atoms with Crippen LogP contribution in [0.2, 0.25) is 0 Å². The molecule has 8 rings (SSSR count). The number of allylic oxidation sites excluding steroid dienone is 1. The number of aliphatic imine (C=N–C) groups is 1. The summed E-state index contributed by atoms with van der Waals surface area (Å²) in [5, 5.41) is 0. The van der Waals surface area contributed by atoms with Crippen molar-refractivity contribution in [2.45, 2.75) is 110 Å². The number of nitrogens with zero attached hydrogens (tertiary/aromatic N) is 6. The van der Waals surface area contributed by atoms with E-state index in [9.17, 15) is 9.59 Å². The van der Waals surface area contributed by atoms with Crippen LogP contribution in [0.1, 0.15) is 115 Å². The molecule has 3 fully saturated rings. The number of carbonyl (C=O) groups is 2. The van der Waals surface area contributed by atoms with Crippen molar-refractivity contribution in [3.05, 3.63) is 108 Å². The Hall–Kier alpha value is -4.86. The zero-order valence-corrected chi connectivity index (χ0v) is 35.7. The van der Waals surface area contributed by atoms with Gasteiger partial charge in [-0.25, -0.2) is 4.98 Å². The summed E-state index contributed by atoms with van der Waals surface area (Å²) in [6, 6.07) is 28.1. The van der Waals surface area contributed by atoms with Crippen molar-refractivity contribution in [2.75, 3.05) is 39.3 Å². The molecular formula is C50H63N7O2. The van der Waals surface area contributed by atoms with Crippen molar-refractivity contribution >= 4 is 23.1 Å². The number of likely N-dealkylation sites (N-methyl/N-ethyl adjacent to an activating group) is 1. The summed E-state index contributed by atoms with van der Waals surface area (Å²) in [6.07, 6.45) is 12.9. The molecule has 9 heteroatoms. The van der Waals surface area contributed by atoms with Gasteiger partial charge in [0, 0.05) is 43.4 Å². The van der Waals surface area contributed by atoms with Gasteiger partial charge in [0.15, 0.2) is 0 Å². The Kier molecular flexibility index (Phi) is 12.9. The number of carbonyl (C=O) groups excluding carboxylic acids is 2. The van der Waals surface area contributed by atoms with Gasteiger partial charge >= 0.3 is 0 Å². The zero-order chi connectivity index (χ0) is 40.9. The monoisotopic (exact) mass is 794 g/mol. The summed E-state index contributed by atoms with van der Waals surface area (Å²) in [5.74, 6) is 1.55. The molecule has 4 heterocycles. The first-order valence-corrected chi connectivity index (χ1v) is 22.6. The first-order valence-electron chi connectivity index (χ1n) is 22.6. The van der Waals surface area contributed by atoms with E-state index in [0.29, 0.717) is 11.9 Å². The van der Waals surface area contributed by atoms with Crippen LogP contribution in [0.25, 0.3) is 28.0 Å². The first kappa shape index (κ1) is 40.9. The maximum absolute atomic E-state index is 14.3. The van der Waals surface area contributed by atoms with Crippen LogP contribution in [0, 0.1) is 5.92 Å². The maximum atomic E-state index is 14.3. The topological polar surface area (TPSA) is 88.1 Å². The van der Waals surface area contributed by atoms with Crippen LogP contribution in [0.3, 0.4) is 0 Å². The second kappa shape index (κ2) is 18.6. The molecule has 0 unspecified atom stereocenters. The molecule has 3 atom stereocenters. The minimum absolute atomic E-state index is 0.0233. The Labute approximate surface area is 351 Å². The van der Waals surface area contributed by atoms with Gasteiger partial charge in [-0.2, -0.15) is 0 Å². The molecule has 3 aliphatic heterocycles. The minimum atomic E-state index is -0.280. The van der Waals surface area contributed by atoms with E-state index in [1.807, 2.05) is 30.6 Å². The van der Waals surface area contributed by atoms with E-state index < -0.39 is 0 Å². The molecule has 3 aromatic carbocycles. The number of nitrogens with one attached hydrogen (secondary N) is 1. The molecule has 310 valence electrons. The smallest absolute Gasteiger partial charge is 0.245 e. The largest absolute Gasteiger partial charge is 0.340 e. The number of aromatic amines is 1. The number of aromatic nitrogens is 2. The lowest BCUT2D eigenvalue weighted by atomic mass is 9.84. The molecule has 1 aliphatic carbocycles. The molecular weight excluding hydrogens is 731 g/mol. The average molecular weight is 794 g/mol. The standard InChI is InChI=1S/C50H63N7O2/c1-5-54(6-2)42-28-26-40(27-29-42)49(58)57-31-13-17-46(57)48-52-34-44(53-48)38-24-22-36(23-25-38)35-18-20-37(21-19-35)41-32-43(51-33-41)45-16-12-30-56(45)50(59)47(55(7-3)8-4)39-14-10-9-11-15-39/h9-11,14-15,18-25,33-34,40,42,45-47H,5-8,12-13,16-17,26-32H2,1-4H3,(H,52,53)/t40?,42?,45-,46-,47+/m0/s1. The fourth-order valence-corrected chi connectivity index (χ4v) is 10.4. The normalized spacial score (nSPS) is 22.6. The van der Waals surface area contributed by atoms with Gasteiger partial charge in [-0.3, -0.25) is 19.5 Å². The van der Waals surface area contributed by atoms with Gasteiger partial charge in [-0.05, 0) is 111 Å². The van der Waals surface area contributed by atoms with Crippen molar-refractivity contribution in [2.24, 2.45) is 10.9 Å². The molecule has 1 saturated carbocycles. The van der Waals surface area contributed by atoms with Gasteiger partial charge < -0.3 is 19.7 Å². The second-order valence-electron chi connectivity index (χ2n) is 16.9. The highest BCUT2D eigenvalue weighted by atomic mass is 16.2. The van der Waals surface area contributed by atoms with Crippen LogP contribution < -0.4 is 0 Å². The van der Waals surface area contributed by atoms with Gasteiger partial charge in [0.05, 0.1) is 24.0 Å². The van der Waals surface area contributed by atoms with E-state index in [1.54, 1.807) is 0 Å². The summed E-state index contributed by atoms with van der Waals surface area (Å²) in [5.41, 5.74) is 8.90. The number of rotatable bonds is 14. The molecule has 59 heavy (non-hydrogen) atoms. The van der Waals surface area contributed by atoms with Crippen molar-refractivity contribution < 1.29 is 9.59 Å². The Morgan fingerprint density at radius 2 is 1.32 bits per heavy atom. The second-order valence-corrected chi connectivity index (χ2v) is 16.9. The molecule has 9 nitrogen and oxygen atoms in total. The number of amides is 2. The Morgan fingerprint density at radius 1 is 0.712 bits per heavy atom. The van der Waals surface area contributed by atoms with Gasteiger partial charge in [0.2, 0.25) is 11.8 Å². The van der Waals surface area contributed by atoms with Gasteiger partial charge in [-0.15, -0.1) is 0 Å². The van der Waals surface area contributed by atoms with Gasteiger partial charge in [0.25, 0.3) is 0 Å². The number of hydrogen-bond acceptors (Lipinski definition) is 6. The third-order valence-electron chi connectivity index (χ3n) is 13.8. The molecule has 4 aliphatic rings. The summed E-state index contributed by atoms with van der Waals surface area (Å²) < 4.78 is 0. The van der Waals surface area contributed by atoms with E-state index in [4.69, 9.17) is 9.98 Å². The average Bonchev–Trinajstić information content (AvgIpc) is 4.14. The summed E-state index contributed by atoms with van der Waals surface area (Å²) in [4.78, 5) is 50.5. The molecule has 0 bridgehead atoms. The Balaban J connectivity index is 0.873. The SMILES string of the molecule is CCN(CC)C1CCC(C(=O)N2CCC[C@H]2c2ncc(-c3ccc(-c4ccc(C5=CN=C([C@@H]6CCCN6C(=O)[C@@H](c6ccccc6)N(CC)CC)C5)cc4)cc3)[nH]2)CC1. The van der Waals surface area contributed by atoms with E-state index in [0.717, 1.165) is 137 Å². The summed E-state index contributed by atoms with van der Waals surface area (Å²) in [6.45, 7) is 14.2. The third-order valence-corrected chi connectivity index (χ3v) is 13.8. The lowest BCUT2D eigenvalue weighted by molar-refractivity contribution is -0.138. The Bertz CT molecular complexity index is 2090. The lowest BCUT2D eigenvalue weighted by Crippen LogP contribution is -2.47. The molecule has 0 spiro atoms. The fourth-order valence-electron chi connectivity index (χ4n) is 10.4. The summed E-state index contributed by atoms with van der Waals surface area (Å²) >= 11 is 0. The van der Waals surface area contributed by atoms with Gasteiger partial charge in [0.1, 0.15) is 11.9 Å². The highest BCUT2D eigenvalue weighted by molar-refractivity contribution is 6.03. The Morgan fingerprint density at radius 3 is 1.97 bits per heavy atom. The predicted molar refractivity (Wildman–Crippen MR) is 239 cm³/mol. The van der Waals surface area contributed by atoms with Crippen molar-refractivity contribution in [3.63, 3.8) is 0 Å².